The molecule has 4 aromatic rings. The average molecular weight is 422 g/mol. The van der Waals surface area contributed by atoms with Gasteiger partial charge in [-0.15, -0.1) is 0 Å². The van der Waals surface area contributed by atoms with E-state index in [4.69, 9.17) is 11.6 Å². The number of nitrogens with one attached hydrogen (secondary N) is 1. The van der Waals surface area contributed by atoms with Gasteiger partial charge in [-0.1, -0.05) is 54.1 Å². The summed E-state index contributed by atoms with van der Waals surface area (Å²) in [6.07, 6.45) is 0.673. The number of aryl methyl sites for hydroxylation is 1. The number of carbonyl (C=O) groups excluding carboxylic acids is 1. The monoisotopic (exact) mass is 421 g/mol. The van der Waals surface area contributed by atoms with Gasteiger partial charge in [-0.3, -0.25) is 9.59 Å². The second-order valence-electron chi connectivity index (χ2n) is 6.93. The quantitative estimate of drug-likeness (QED) is 0.519. The molecule has 0 saturated carbocycles. The molecule has 0 spiro atoms. The Morgan fingerprint density at radius 1 is 1.07 bits per heavy atom. The molecule has 2 aromatic heterocycles. The maximum Gasteiger partial charge on any atom is 0.293 e. The van der Waals surface area contributed by atoms with Crippen molar-refractivity contribution in [2.24, 2.45) is 0 Å². The molecule has 0 radical (unpaired) electrons. The topological polar surface area (TPSA) is 81.3 Å². The van der Waals surface area contributed by atoms with Gasteiger partial charge < -0.3 is 5.32 Å². The van der Waals surface area contributed by atoms with Crippen LogP contribution in [0.4, 0.5) is 0 Å². The first kappa shape index (κ1) is 19.8. The number of aromatic nitrogens is 4. The van der Waals surface area contributed by atoms with Crippen LogP contribution in [0.1, 0.15) is 11.4 Å². The number of rotatable bonds is 6. The van der Waals surface area contributed by atoms with Crippen molar-refractivity contribution < 1.29 is 4.79 Å². The lowest BCUT2D eigenvalue weighted by Gasteiger charge is -2.08. The normalized spacial score (nSPS) is 11.0. The SMILES string of the molecule is Cc1nn(CC(=O)NCCc2ccc(Cl)cc2)c(=O)c2cc(-c3ccccc3)nn12. The van der Waals surface area contributed by atoms with Gasteiger partial charge >= 0.3 is 0 Å². The molecule has 1 amide bonds. The molecule has 0 aliphatic carbocycles. The molecule has 1 N–H and O–H groups in total. The van der Waals surface area contributed by atoms with E-state index >= 15 is 0 Å². The van der Waals surface area contributed by atoms with Crippen LogP contribution in [-0.2, 0) is 17.8 Å². The highest BCUT2D eigenvalue weighted by Gasteiger charge is 2.14. The number of nitrogens with zero attached hydrogens (tertiary/aromatic N) is 4. The van der Waals surface area contributed by atoms with Gasteiger partial charge in [0, 0.05) is 17.1 Å². The smallest absolute Gasteiger partial charge is 0.293 e. The van der Waals surface area contributed by atoms with Crippen molar-refractivity contribution in [1.82, 2.24) is 24.7 Å². The van der Waals surface area contributed by atoms with Crippen molar-refractivity contribution in [2.45, 2.75) is 19.9 Å². The Kier molecular flexibility index (Phi) is 5.63. The molecular formula is C22H20ClN5O2. The van der Waals surface area contributed by atoms with Gasteiger partial charge in [0.1, 0.15) is 17.9 Å². The van der Waals surface area contributed by atoms with Gasteiger partial charge in [0.25, 0.3) is 5.56 Å². The average Bonchev–Trinajstić information content (AvgIpc) is 3.20. The minimum Gasteiger partial charge on any atom is -0.354 e. The third-order valence-corrected chi connectivity index (χ3v) is 5.00. The maximum absolute atomic E-state index is 12.8. The van der Waals surface area contributed by atoms with Gasteiger partial charge in [-0.2, -0.15) is 10.2 Å². The van der Waals surface area contributed by atoms with Crippen molar-refractivity contribution in [2.75, 3.05) is 6.54 Å². The second kappa shape index (κ2) is 8.51. The zero-order chi connectivity index (χ0) is 21.1. The van der Waals surface area contributed by atoms with Crippen molar-refractivity contribution >= 4 is 23.0 Å². The van der Waals surface area contributed by atoms with Crippen molar-refractivity contribution in [1.29, 1.82) is 0 Å². The summed E-state index contributed by atoms with van der Waals surface area (Å²) in [5.41, 5.74) is 2.69. The Labute approximate surface area is 177 Å². The zero-order valence-electron chi connectivity index (χ0n) is 16.4. The third-order valence-electron chi connectivity index (χ3n) is 4.75. The highest BCUT2D eigenvalue weighted by Crippen LogP contribution is 2.18. The number of amides is 1. The lowest BCUT2D eigenvalue weighted by atomic mass is 10.1. The molecule has 2 aromatic carbocycles. The van der Waals surface area contributed by atoms with Gasteiger partial charge in [0.15, 0.2) is 0 Å². The van der Waals surface area contributed by atoms with Crippen LogP contribution < -0.4 is 10.9 Å². The number of benzene rings is 2. The molecule has 152 valence electrons. The Bertz CT molecular complexity index is 1250. The van der Waals surface area contributed by atoms with Crippen LogP contribution in [-0.4, -0.2) is 31.8 Å². The number of fused-ring (bicyclic) bond motifs is 1. The summed E-state index contributed by atoms with van der Waals surface area (Å²) in [6, 6.07) is 18.8. The first-order valence-electron chi connectivity index (χ1n) is 9.55. The van der Waals surface area contributed by atoms with Crippen LogP contribution in [0.25, 0.3) is 16.8 Å². The van der Waals surface area contributed by atoms with Gasteiger partial charge in [0.2, 0.25) is 5.91 Å². The van der Waals surface area contributed by atoms with E-state index in [0.717, 1.165) is 11.1 Å². The van der Waals surface area contributed by atoms with Crippen LogP contribution in [0.15, 0.2) is 65.5 Å². The molecule has 0 fully saturated rings. The number of carbonyl (C=O) groups is 1. The van der Waals surface area contributed by atoms with Crippen LogP contribution in [0, 0.1) is 6.92 Å². The number of hydrogen-bond acceptors (Lipinski definition) is 4. The fraction of sp³-hybridized carbons (Fsp3) is 0.182. The predicted molar refractivity (Wildman–Crippen MR) is 116 cm³/mol. The molecule has 0 bridgehead atoms. The van der Waals surface area contributed by atoms with Crippen LogP contribution in [0.3, 0.4) is 0 Å². The van der Waals surface area contributed by atoms with Crippen molar-refractivity contribution in [3.8, 4) is 11.3 Å². The summed E-state index contributed by atoms with van der Waals surface area (Å²) in [7, 11) is 0. The predicted octanol–water partition coefficient (Wildman–Crippen LogP) is 2.88. The van der Waals surface area contributed by atoms with Gasteiger partial charge in [-0.25, -0.2) is 9.20 Å². The van der Waals surface area contributed by atoms with Gasteiger partial charge in [0.05, 0.1) is 5.69 Å². The molecule has 4 rings (SSSR count). The minimum atomic E-state index is -0.358. The summed E-state index contributed by atoms with van der Waals surface area (Å²) >= 11 is 5.88. The third kappa shape index (κ3) is 4.26. The summed E-state index contributed by atoms with van der Waals surface area (Å²) in [4.78, 5) is 25.2. The lowest BCUT2D eigenvalue weighted by molar-refractivity contribution is -0.121. The van der Waals surface area contributed by atoms with E-state index < -0.39 is 0 Å². The first-order valence-corrected chi connectivity index (χ1v) is 9.93. The Morgan fingerprint density at radius 2 is 1.80 bits per heavy atom. The highest BCUT2D eigenvalue weighted by molar-refractivity contribution is 6.30. The van der Waals surface area contributed by atoms with Crippen LogP contribution in [0.5, 0.6) is 0 Å². The van der Waals surface area contributed by atoms with E-state index in [1.165, 1.54) is 9.20 Å². The van der Waals surface area contributed by atoms with Crippen LogP contribution in [0.2, 0.25) is 5.02 Å². The largest absolute Gasteiger partial charge is 0.354 e. The molecule has 2 heterocycles. The molecule has 30 heavy (non-hydrogen) atoms. The minimum absolute atomic E-state index is 0.150. The highest BCUT2D eigenvalue weighted by atomic mass is 35.5. The van der Waals surface area contributed by atoms with E-state index in [2.05, 4.69) is 15.5 Å². The second-order valence-corrected chi connectivity index (χ2v) is 7.37. The molecule has 7 nitrogen and oxygen atoms in total. The lowest BCUT2D eigenvalue weighted by Crippen LogP contribution is -2.35. The zero-order valence-corrected chi connectivity index (χ0v) is 17.1. The van der Waals surface area contributed by atoms with E-state index in [-0.39, 0.29) is 18.0 Å². The molecule has 0 saturated heterocycles. The molecule has 0 atom stereocenters. The van der Waals surface area contributed by atoms with Crippen molar-refractivity contribution in [3.05, 3.63) is 87.4 Å². The van der Waals surface area contributed by atoms with Crippen molar-refractivity contribution in [3.63, 3.8) is 0 Å². The molecule has 8 heteroatoms. The van der Waals surface area contributed by atoms with E-state index in [0.29, 0.717) is 35.0 Å². The van der Waals surface area contributed by atoms with Crippen LogP contribution >= 0.6 is 11.6 Å². The number of hydrogen-bond donors (Lipinski definition) is 1. The van der Waals surface area contributed by atoms with E-state index in [9.17, 15) is 9.59 Å². The Balaban J connectivity index is 1.48. The Hall–Kier alpha value is -3.45. The molecule has 0 aliphatic heterocycles. The fourth-order valence-corrected chi connectivity index (χ4v) is 3.35. The van der Waals surface area contributed by atoms with E-state index in [1.807, 2.05) is 54.6 Å². The standard InChI is InChI=1S/C22H20ClN5O2/c1-15-25-27(14-21(29)24-12-11-16-7-9-18(23)10-8-16)22(30)20-13-19(26-28(15)20)17-5-3-2-4-6-17/h2-10,13H,11-12,14H2,1H3,(H,24,29). The summed E-state index contributed by atoms with van der Waals surface area (Å²) in [6.45, 7) is 2.06. The molecular weight excluding hydrogens is 402 g/mol. The van der Waals surface area contributed by atoms with Gasteiger partial charge in [-0.05, 0) is 37.1 Å². The molecule has 0 aliphatic rings. The maximum atomic E-state index is 12.8. The fourth-order valence-electron chi connectivity index (χ4n) is 3.22. The Morgan fingerprint density at radius 3 is 2.53 bits per heavy atom. The molecule has 0 unspecified atom stereocenters. The summed E-state index contributed by atoms with van der Waals surface area (Å²) in [5.74, 6) is 0.255. The summed E-state index contributed by atoms with van der Waals surface area (Å²) in [5, 5.41) is 12.2. The summed E-state index contributed by atoms with van der Waals surface area (Å²) < 4.78 is 2.69. The first-order chi connectivity index (χ1) is 14.5. The number of halogens is 1. The van der Waals surface area contributed by atoms with E-state index in [1.54, 1.807) is 13.0 Å².